The second-order valence-electron chi connectivity index (χ2n) is 7.22. The van der Waals surface area contributed by atoms with Crippen LogP contribution in [0, 0.1) is 11.6 Å². The largest absolute Gasteiger partial charge is 0.493 e. The van der Waals surface area contributed by atoms with Gasteiger partial charge < -0.3 is 19.7 Å². The average molecular weight is 424 g/mol. The number of nitrogens with zero attached hydrogens (tertiary/aromatic N) is 1. The van der Waals surface area contributed by atoms with Gasteiger partial charge in [0.25, 0.3) is 0 Å². The minimum atomic E-state index is -0.826. The Labute approximate surface area is 179 Å². The highest BCUT2D eigenvalue weighted by atomic mass is 19.1. The first-order valence-corrected chi connectivity index (χ1v) is 9.84. The summed E-state index contributed by atoms with van der Waals surface area (Å²) in [5.74, 6) is -0.340. The van der Waals surface area contributed by atoms with Crippen LogP contribution in [0.1, 0.15) is 22.7 Å². The Morgan fingerprint density at radius 3 is 2.39 bits per heavy atom. The average Bonchev–Trinajstić information content (AvgIpc) is 2.79. The Hall–Kier alpha value is -3.61. The Kier molecular flexibility index (Phi) is 5.75. The van der Waals surface area contributed by atoms with Crippen molar-refractivity contribution in [2.24, 2.45) is 0 Å². The Morgan fingerprint density at radius 2 is 1.71 bits per heavy atom. The molecule has 0 radical (unpaired) electrons. The number of ether oxygens (including phenoxy) is 2. The summed E-state index contributed by atoms with van der Waals surface area (Å²) >= 11 is 0. The van der Waals surface area contributed by atoms with Crippen molar-refractivity contribution in [2.45, 2.75) is 12.5 Å². The zero-order valence-corrected chi connectivity index (χ0v) is 17.2. The van der Waals surface area contributed by atoms with E-state index < -0.39 is 23.7 Å². The lowest BCUT2D eigenvalue weighted by Crippen LogP contribution is -2.43. The Morgan fingerprint density at radius 1 is 1.00 bits per heavy atom. The van der Waals surface area contributed by atoms with Crippen molar-refractivity contribution in [2.75, 3.05) is 26.1 Å². The number of anilines is 1. The molecule has 0 bridgehead atoms. The van der Waals surface area contributed by atoms with E-state index in [1.807, 2.05) is 42.5 Å². The number of urea groups is 1. The van der Waals surface area contributed by atoms with E-state index in [0.29, 0.717) is 24.5 Å². The summed E-state index contributed by atoms with van der Waals surface area (Å²) in [5, 5.41) is 2.58. The number of hydrogen-bond donors (Lipinski definition) is 1. The lowest BCUT2D eigenvalue weighted by Gasteiger charge is -2.38. The molecule has 5 nitrogen and oxygen atoms in total. The normalized spacial score (nSPS) is 15.2. The molecule has 0 aromatic heterocycles. The number of nitrogens with one attached hydrogen (secondary N) is 1. The van der Waals surface area contributed by atoms with Crippen molar-refractivity contribution in [1.29, 1.82) is 0 Å². The number of carbonyl (C=O) groups is 1. The quantitative estimate of drug-likeness (QED) is 0.629. The molecule has 160 valence electrons. The molecule has 0 spiro atoms. The van der Waals surface area contributed by atoms with Gasteiger partial charge in [-0.2, -0.15) is 0 Å². The number of benzene rings is 3. The van der Waals surface area contributed by atoms with E-state index >= 15 is 0 Å². The summed E-state index contributed by atoms with van der Waals surface area (Å²) < 4.78 is 38.3. The topological polar surface area (TPSA) is 50.8 Å². The van der Waals surface area contributed by atoms with Crippen LogP contribution in [0.25, 0.3) is 0 Å². The van der Waals surface area contributed by atoms with Crippen LogP contribution in [0.3, 0.4) is 0 Å². The third-order valence-electron chi connectivity index (χ3n) is 5.42. The summed E-state index contributed by atoms with van der Waals surface area (Å²) in [6.07, 6.45) is 0.596. The van der Waals surface area contributed by atoms with Gasteiger partial charge in [-0.15, -0.1) is 0 Å². The maximum Gasteiger partial charge on any atom is 0.322 e. The smallest absolute Gasteiger partial charge is 0.322 e. The van der Waals surface area contributed by atoms with Gasteiger partial charge >= 0.3 is 6.03 Å². The molecule has 2 amide bonds. The van der Waals surface area contributed by atoms with Gasteiger partial charge in [0, 0.05) is 12.6 Å². The fourth-order valence-corrected chi connectivity index (χ4v) is 3.94. The lowest BCUT2D eigenvalue weighted by atomic mass is 9.88. The molecule has 7 heteroatoms. The number of carbonyl (C=O) groups excluding carboxylic acids is 1. The number of halogens is 2. The van der Waals surface area contributed by atoms with Crippen molar-refractivity contribution >= 4 is 11.7 Å². The molecule has 1 heterocycles. The molecule has 0 unspecified atom stereocenters. The van der Waals surface area contributed by atoms with Crippen LogP contribution in [0.2, 0.25) is 0 Å². The summed E-state index contributed by atoms with van der Waals surface area (Å²) in [6.45, 7) is 0.413. The van der Waals surface area contributed by atoms with Gasteiger partial charge in [-0.3, -0.25) is 0 Å². The maximum atomic E-state index is 14.1. The van der Waals surface area contributed by atoms with Crippen LogP contribution < -0.4 is 14.8 Å². The van der Waals surface area contributed by atoms with Crippen LogP contribution >= 0.6 is 0 Å². The van der Waals surface area contributed by atoms with Gasteiger partial charge in [-0.25, -0.2) is 13.6 Å². The monoisotopic (exact) mass is 424 g/mol. The van der Waals surface area contributed by atoms with Crippen molar-refractivity contribution in [3.8, 4) is 11.5 Å². The van der Waals surface area contributed by atoms with Crippen LogP contribution in [-0.2, 0) is 6.42 Å². The first-order valence-electron chi connectivity index (χ1n) is 9.84. The fraction of sp³-hybridized carbons (Fsp3) is 0.208. The summed E-state index contributed by atoms with van der Waals surface area (Å²) in [5.41, 5.74) is 2.79. The molecular formula is C24H22F2N2O3. The second kappa shape index (κ2) is 8.63. The van der Waals surface area contributed by atoms with E-state index in [1.165, 1.54) is 6.07 Å². The highest BCUT2D eigenvalue weighted by molar-refractivity contribution is 5.90. The zero-order chi connectivity index (χ0) is 22.0. The van der Waals surface area contributed by atoms with E-state index in [0.717, 1.165) is 28.8 Å². The maximum absolute atomic E-state index is 14.1. The molecule has 3 aromatic rings. The lowest BCUT2D eigenvalue weighted by molar-refractivity contribution is 0.193. The molecule has 3 aromatic carbocycles. The van der Waals surface area contributed by atoms with Crippen molar-refractivity contribution in [3.63, 3.8) is 0 Å². The fourth-order valence-electron chi connectivity index (χ4n) is 3.94. The summed E-state index contributed by atoms with van der Waals surface area (Å²) in [6, 6.07) is 15.6. The number of methoxy groups -OCH3 is 2. The summed E-state index contributed by atoms with van der Waals surface area (Å²) in [4.78, 5) is 14.8. The second-order valence-corrected chi connectivity index (χ2v) is 7.22. The van der Waals surface area contributed by atoms with Gasteiger partial charge in [0.15, 0.2) is 11.5 Å². The van der Waals surface area contributed by atoms with Crippen LogP contribution in [-0.4, -0.2) is 31.7 Å². The molecule has 1 atom stereocenters. The minimum Gasteiger partial charge on any atom is -0.493 e. The zero-order valence-electron chi connectivity index (χ0n) is 17.2. The van der Waals surface area contributed by atoms with Crippen molar-refractivity contribution < 1.29 is 23.0 Å². The number of hydrogen-bond acceptors (Lipinski definition) is 3. The first kappa shape index (κ1) is 20.7. The molecule has 1 aliphatic rings. The predicted octanol–water partition coefficient (Wildman–Crippen LogP) is 5.16. The van der Waals surface area contributed by atoms with Crippen LogP contribution in [0.15, 0.2) is 60.7 Å². The number of amides is 2. The molecule has 0 saturated heterocycles. The number of rotatable bonds is 4. The van der Waals surface area contributed by atoms with Crippen LogP contribution in [0.5, 0.6) is 11.5 Å². The predicted molar refractivity (Wildman–Crippen MR) is 114 cm³/mol. The molecule has 0 aliphatic carbocycles. The van der Waals surface area contributed by atoms with Crippen molar-refractivity contribution in [3.05, 3.63) is 89.0 Å². The molecule has 1 N–H and O–H groups in total. The molecule has 0 saturated carbocycles. The summed E-state index contributed by atoms with van der Waals surface area (Å²) in [7, 11) is 3.14. The molecule has 31 heavy (non-hydrogen) atoms. The third-order valence-corrected chi connectivity index (χ3v) is 5.42. The first-order chi connectivity index (χ1) is 15.0. The van der Waals surface area contributed by atoms with Crippen molar-refractivity contribution in [1.82, 2.24) is 4.90 Å². The van der Waals surface area contributed by atoms with Gasteiger partial charge in [-0.05, 0) is 47.4 Å². The number of fused-ring (bicyclic) bond motifs is 1. The highest BCUT2D eigenvalue weighted by Gasteiger charge is 2.33. The molecular weight excluding hydrogens is 402 g/mol. The molecule has 1 aliphatic heterocycles. The van der Waals surface area contributed by atoms with Gasteiger partial charge in [0.05, 0.1) is 25.9 Å². The molecule has 4 rings (SSSR count). The highest BCUT2D eigenvalue weighted by Crippen LogP contribution is 2.41. The molecule has 0 fully saturated rings. The van der Waals surface area contributed by atoms with E-state index in [-0.39, 0.29) is 5.69 Å². The van der Waals surface area contributed by atoms with Gasteiger partial charge in [0.2, 0.25) is 0 Å². The SMILES string of the molecule is COc1cc2c(cc1OC)[C@H](c1ccccc1)N(C(=O)Nc1ccc(F)cc1F)CC2. The van der Waals surface area contributed by atoms with E-state index in [1.54, 1.807) is 19.1 Å². The Balaban J connectivity index is 1.75. The minimum absolute atomic E-state index is 0.0729. The van der Waals surface area contributed by atoms with E-state index in [2.05, 4.69) is 5.32 Å². The standard InChI is InChI=1S/C24H22F2N2O3/c1-30-21-12-16-10-11-28(24(29)27-20-9-8-17(25)13-19(20)26)23(15-6-4-3-5-7-15)18(16)14-22(21)31-2/h3-9,12-14,23H,10-11H2,1-2H3,(H,27,29)/t23-/m0/s1. The van der Waals surface area contributed by atoms with Gasteiger partial charge in [-0.1, -0.05) is 30.3 Å². The Bertz CT molecular complexity index is 1110. The van der Waals surface area contributed by atoms with E-state index in [4.69, 9.17) is 9.47 Å². The third kappa shape index (κ3) is 4.03. The van der Waals surface area contributed by atoms with Gasteiger partial charge in [0.1, 0.15) is 11.6 Å². The van der Waals surface area contributed by atoms with Crippen LogP contribution in [0.4, 0.5) is 19.3 Å². The van der Waals surface area contributed by atoms with E-state index in [9.17, 15) is 13.6 Å².